The average Bonchev–Trinajstić information content (AvgIpc) is 3.10. The Hall–Kier alpha value is -2.30. The molecule has 0 atom stereocenters. The molecule has 0 amide bonds. The number of aromatic carboxylic acids is 1. The summed E-state index contributed by atoms with van der Waals surface area (Å²) in [6.45, 7) is 0. The third-order valence-corrected chi connectivity index (χ3v) is 3.62. The minimum atomic E-state index is -0.986. The molecule has 5 heteroatoms. The van der Waals surface area contributed by atoms with Crippen LogP contribution in [0.3, 0.4) is 0 Å². The van der Waals surface area contributed by atoms with Gasteiger partial charge in [0.15, 0.2) is 0 Å². The number of hydrogen-bond donors (Lipinski definition) is 2. The zero-order valence-corrected chi connectivity index (χ0v) is 11.0. The van der Waals surface area contributed by atoms with Crippen molar-refractivity contribution in [3.05, 3.63) is 36.0 Å². The van der Waals surface area contributed by atoms with Crippen molar-refractivity contribution in [1.29, 1.82) is 0 Å². The van der Waals surface area contributed by atoms with Gasteiger partial charge in [-0.1, -0.05) is 0 Å². The number of rotatable bonds is 4. The number of aromatic nitrogens is 2. The van der Waals surface area contributed by atoms with Crippen molar-refractivity contribution in [2.45, 2.75) is 31.8 Å². The van der Waals surface area contributed by atoms with Crippen LogP contribution < -0.4 is 4.74 Å². The van der Waals surface area contributed by atoms with Gasteiger partial charge in [0.2, 0.25) is 0 Å². The second kappa shape index (κ2) is 5.36. The van der Waals surface area contributed by atoms with Crippen LogP contribution in [0.2, 0.25) is 0 Å². The van der Waals surface area contributed by atoms with Crippen LogP contribution in [0.15, 0.2) is 30.5 Å². The number of ether oxygens (including phenoxy) is 1. The molecule has 20 heavy (non-hydrogen) atoms. The molecule has 5 nitrogen and oxygen atoms in total. The van der Waals surface area contributed by atoms with Crippen molar-refractivity contribution in [3.63, 3.8) is 0 Å². The minimum Gasteiger partial charge on any atom is -0.490 e. The predicted molar refractivity (Wildman–Crippen MR) is 73.9 cm³/mol. The maximum atomic E-state index is 11.1. The molecule has 2 aromatic rings. The zero-order chi connectivity index (χ0) is 13.9. The molecule has 0 radical (unpaired) electrons. The van der Waals surface area contributed by atoms with E-state index < -0.39 is 5.97 Å². The molecule has 2 N–H and O–H groups in total. The summed E-state index contributed by atoms with van der Waals surface area (Å²) < 4.78 is 5.88. The lowest BCUT2D eigenvalue weighted by Gasteiger charge is -2.13. The average molecular weight is 272 g/mol. The molecule has 1 heterocycles. The van der Waals surface area contributed by atoms with Gasteiger partial charge >= 0.3 is 5.97 Å². The largest absolute Gasteiger partial charge is 0.490 e. The molecule has 0 bridgehead atoms. The highest BCUT2D eigenvalue weighted by Gasteiger charge is 2.17. The fraction of sp³-hybridized carbons (Fsp3) is 0.333. The van der Waals surface area contributed by atoms with E-state index in [0.717, 1.165) is 24.2 Å². The van der Waals surface area contributed by atoms with Gasteiger partial charge in [-0.25, -0.2) is 4.79 Å². The summed E-state index contributed by atoms with van der Waals surface area (Å²) in [4.78, 5) is 11.1. The molecule has 0 aliphatic heterocycles. The van der Waals surface area contributed by atoms with Crippen LogP contribution >= 0.6 is 0 Å². The topological polar surface area (TPSA) is 75.2 Å². The van der Waals surface area contributed by atoms with Crippen molar-refractivity contribution in [2.24, 2.45) is 0 Å². The Labute approximate surface area is 116 Å². The predicted octanol–water partition coefficient (Wildman–Crippen LogP) is 3.10. The maximum Gasteiger partial charge on any atom is 0.339 e. The summed E-state index contributed by atoms with van der Waals surface area (Å²) in [6, 6.07) is 7.45. The third-order valence-electron chi connectivity index (χ3n) is 3.62. The van der Waals surface area contributed by atoms with E-state index in [1.807, 2.05) is 24.3 Å². The van der Waals surface area contributed by atoms with Crippen molar-refractivity contribution in [3.8, 4) is 17.0 Å². The summed E-state index contributed by atoms with van der Waals surface area (Å²) in [7, 11) is 0. The van der Waals surface area contributed by atoms with Gasteiger partial charge in [0.25, 0.3) is 0 Å². The van der Waals surface area contributed by atoms with Crippen LogP contribution in [0.5, 0.6) is 5.75 Å². The van der Waals surface area contributed by atoms with Crippen molar-refractivity contribution < 1.29 is 14.6 Å². The van der Waals surface area contributed by atoms with Crippen molar-refractivity contribution in [2.75, 3.05) is 0 Å². The van der Waals surface area contributed by atoms with Gasteiger partial charge in [-0.3, -0.25) is 5.10 Å². The number of hydrogen-bond acceptors (Lipinski definition) is 3. The molecule has 3 rings (SSSR count). The highest BCUT2D eigenvalue weighted by atomic mass is 16.5. The second-order valence-electron chi connectivity index (χ2n) is 5.01. The van der Waals surface area contributed by atoms with Gasteiger partial charge in [-0.15, -0.1) is 0 Å². The fourth-order valence-corrected chi connectivity index (χ4v) is 2.57. The lowest BCUT2D eigenvalue weighted by atomic mass is 10.1. The SMILES string of the molecule is O=C(O)c1cn[nH]c1-c1ccc(OC2CCCC2)cc1. The lowest BCUT2D eigenvalue weighted by molar-refractivity contribution is 0.0698. The second-order valence-corrected chi connectivity index (χ2v) is 5.01. The monoisotopic (exact) mass is 272 g/mol. The number of carbonyl (C=O) groups is 1. The van der Waals surface area contributed by atoms with Gasteiger partial charge < -0.3 is 9.84 Å². The molecular formula is C15H16N2O3. The van der Waals surface area contributed by atoms with E-state index in [1.165, 1.54) is 19.0 Å². The number of aromatic amines is 1. The molecule has 1 aliphatic rings. The Morgan fingerprint density at radius 1 is 1.25 bits per heavy atom. The molecule has 1 fully saturated rings. The van der Waals surface area contributed by atoms with E-state index in [2.05, 4.69) is 10.2 Å². The van der Waals surface area contributed by atoms with Gasteiger partial charge in [-0.2, -0.15) is 5.10 Å². The quantitative estimate of drug-likeness (QED) is 0.896. The highest BCUT2D eigenvalue weighted by molar-refractivity contribution is 5.94. The van der Waals surface area contributed by atoms with Crippen molar-refractivity contribution in [1.82, 2.24) is 10.2 Å². The number of carboxylic acid groups (broad SMARTS) is 1. The molecule has 1 aromatic carbocycles. The van der Waals surface area contributed by atoms with Gasteiger partial charge in [0, 0.05) is 5.56 Å². The number of benzene rings is 1. The fourth-order valence-electron chi connectivity index (χ4n) is 2.57. The molecular weight excluding hydrogens is 256 g/mol. The zero-order valence-electron chi connectivity index (χ0n) is 11.0. The molecule has 1 aliphatic carbocycles. The lowest BCUT2D eigenvalue weighted by Crippen LogP contribution is -2.10. The smallest absolute Gasteiger partial charge is 0.339 e. The van der Waals surface area contributed by atoms with E-state index in [1.54, 1.807) is 0 Å². The van der Waals surface area contributed by atoms with E-state index in [-0.39, 0.29) is 5.56 Å². The summed E-state index contributed by atoms with van der Waals surface area (Å²) in [6.07, 6.45) is 6.34. The Kier molecular flexibility index (Phi) is 3.41. The van der Waals surface area contributed by atoms with Crippen LogP contribution in [0.1, 0.15) is 36.0 Å². The first-order chi connectivity index (χ1) is 9.74. The number of carboxylic acids is 1. The van der Waals surface area contributed by atoms with Crippen LogP contribution in [0.4, 0.5) is 0 Å². The molecule has 0 spiro atoms. The normalized spacial score (nSPS) is 15.4. The van der Waals surface area contributed by atoms with Gasteiger partial charge in [0.05, 0.1) is 18.0 Å². The number of nitrogens with zero attached hydrogens (tertiary/aromatic N) is 1. The van der Waals surface area contributed by atoms with Gasteiger partial charge in [-0.05, 0) is 49.9 Å². The Balaban J connectivity index is 1.78. The first kappa shape index (κ1) is 12.7. The molecule has 104 valence electrons. The first-order valence-electron chi connectivity index (χ1n) is 6.78. The standard InChI is InChI=1S/C15H16N2O3/c18-15(19)13-9-16-17-14(13)10-5-7-12(8-6-10)20-11-3-1-2-4-11/h5-9,11H,1-4H2,(H,16,17)(H,18,19). The molecule has 0 unspecified atom stereocenters. The Bertz CT molecular complexity index is 598. The maximum absolute atomic E-state index is 11.1. The number of H-pyrrole nitrogens is 1. The van der Waals surface area contributed by atoms with Crippen LogP contribution in [0, 0.1) is 0 Å². The van der Waals surface area contributed by atoms with Crippen LogP contribution in [-0.2, 0) is 0 Å². The molecule has 1 saturated carbocycles. The minimum absolute atomic E-state index is 0.175. The summed E-state index contributed by atoms with van der Waals surface area (Å²) in [5.41, 5.74) is 1.48. The van der Waals surface area contributed by atoms with Gasteiger partial charge in [0.1, 0.15) is 11.3 Å². The third kappa shape index (κ3) is 2.52. The summed E-state index contributed by atoms with van der Waals surface area (Å²) in [5, 5.41) is 15.6. The highest BCUT2D eigenvalue weighted by Crippen LogP contribution is 2.27. The van der Waals surface area contributed by atoms with E-state index in [4.69, 9.17) is 9.84 Å². The van der Waals surface area contributed by atoms with Crippen LogP contribution in [-0.4, -0.2) is 27.4 Å². The Morgan fingerprint density at radius 2 is 1.95 bits per heavy atom. The van der Waals surface area contributed by atoms with Crippen LogP contribution in [0.25, 0.3) is 11.3 Å². The summed E-state index contributed by atoms with van der Waals surface area (Å²) in [5.74, 6) is -0.155. The van der Waals surface area contributed by atoms with E-state index >= 15 is 0 Å². The first-order valence-corrected chi connectivity index (χ1v) is 6.78. The summed E-state index contributed by atoms with van der Waals surface area (Å²) >= 11 is 0. The van der Waals surface area contributed by atoms with E-state index in [0.29, 0.717) is 11.8 Å². The molecule has 1 aromatic heterocycles. The van der Waals surface area contributed by atoms with Crippen molar-refractivity contribution >= 4 is 5.97 Å². The van der Waals surface area contributed by atoms with E-state index in [9.17, 15) is 4.79 Å². The Morgan fingerprint density at radius 3 is 2.60 bits per heavy atom. The number of nitrogens with one attached hydrogen (secondary N) is 1. The molecule has 0 saturated heterocycles.